The number of Topliss-reactive ketones (excluding diaryl/α,β-unsaturated/α-hetero) is 2. The molecular formula is C15H16O3. The van der Waals surface area contributed by atoms with Crippen molar-refractivity contribution in [3.05, 3.63) is 35.9 Å². The van der Waals surface area contributed by atoms with Crippen LogP contribution in [0.1, 0.15) is 31.2 Å². The van der Waals surface area contributed by atoms with Crippen LogP contribution in [0.25, 0.3) is 0 Å². The van der Waals surface area contributed by atoms with E-state index in [2.05, 4.69) is 0 Å². The van der Waals surface area contributed by atoms with Gasteiger partial charge in [-0.15, -0.1) is 0 Å². The average Bonchev–Trinajstić information content (AvgIpc) is 2.67. The molecule has 0 spiro atoms. The summed E-state index contributed by atoms with van der Waals surface area (Å²) in [5.74, 6) is -0.848. The van der Waals surface area contributed by atoms with Crippen molar-refractivity contribution in [2.24, 2.45) is 11.8 Å². The molecule has 0 radical (unpaired) electrons. The second-order valence-corrected chi connectivity index (χ2v) is 4.91. The van der Waals surface area contributed by atoms with Crippen molar-refractivity contribution in [2.45, 2.75) is 25.7 Å². The standard InChI is InChI=1S/C15H16O3/c1-10(17)7-13-14(9-16)12(8-15(13)18)11-5-3-2-4-6-11/h2-6,9,12-14H,7-8H2,1H3/t12?,13?,14-/m0/s1. The minimum atomic E-state index is -0.426. The number of carbonyl (C=O) groups is 3. The summed E-state index contributed by atoms with van der Waals surface area (Å²) in [5, 5.41) is 0. The number of hydrogen-bond donors (Lipinski definition) is 0. The maximum atomic E-state index is 12.0. The third kappa shape index (κ3) is 2.40. The highest BCUT2D eigenvalue weighted by atomic mass is 16.1. The lowest BCUT2D eigenvalue weighted by atomic mass is 9.84. The van der Waals surface area contributed by atoms with E-state index in [1.54, 1.807) is 0 Å². The van der Waals surface area contributed by atoms with Crippen molar-refractivity contribution < 1.29 is 14.4 Å². The monoisotopic (exact) mass is 244 g/mol. The van der Waals surface area contributed by atoms with Gasteiger partial charge in [0.1, 0.15) is 17.9 Å². The van der Waals surface area contributed by atoms with E-state index < -0.39 is 5.92 Å². The van der Waals surface area contributed by atoms with E-state index in [1.165, 1.54) is 6.92 Å². The molecule has 1 saturated carbocycles. The fourth-order valence-electron chi connectivity index (χ4n) is 2.79. The van der Waals surface area contributed by atoms with Gasteiger partial charge >= 0.3 is 0 Å². The molecule has 0 aromatic heterocycles. The lowest BCUT2D eigenvalue weighted by Crippen LogP contribution is -2.20. The topological polar surface area (TPSA) is 51.2 Å². The third-order valence-electron chi connectivity index (χ3n) is 3.66. The molecule has 18 heavy (non-hydrogen) atoms. The van der Waals surface area contributed by atoms with Crippen molar-refractivity contribution >= 4 is 17.9 Å². The summed E-state index contributed by atoms with van der Waals surface area (Å²) in [4.78, 5) is 34.4. The fraction of sp³-hybridized carbons (Fsp3) is 0.400. The largest absolute Gasteiger partial charge is 0.303 e. The van der Waals surface area contributed by atoms with Crippen molar-refractivity contribution in [2.75, 3.05) is 0 Å². The lowest BCUT2D eigenvalue weighted by Gasteiger charge is -2.17. The van der Waals surface area contributed by atoms with E-state index in [9.17, 15) is 14.4 Å². The fourth-order valence-corrected chi connectivity index (χ4v) is 2.79. The van der Waals surface area contributed by atoms with E-state index >= 15 is 0 Å². The van der Waals surface area contributed by atoms with E-state index in [4.69, 9.17) is 0 Å². The third-order valence-corrected chi connectivity index (χ3v) is 3.66. The van der Waals surface area contributed by atoms with Crippen molar-refractivity contribution in [1.29, 1.82) is 0 Å². The van der Waals surface area contributed by atoms with Gasteiger partial charge in [0.25, 0.3) is 0 Å². The summed E-state index contributed by atoms with van der Waals surface area (Å²) in [6, 6.07) is 9.58. The molecule has 1 fully saturated rings. The molecule has 0 bridgehead atoms. The Morgan fingerprint density at radius 3 is 2.56 bits per heavy atom. The highest BCUT2D eigenvalue weighted by Gasteiger charge is 2.43. The number of hydrogen-bond acceptors (Lipinski definition) is 3. The molecule has 94 valence electrons. The molecule has 2 unspecified atom stereocenters. The maximum Gasteiger partial charge on any atom is 0.137 e. The van der Waals surface area contributed by atoms with Crippen LogP contribution in [0.4, 0.5) is 0 Å². The molecule has 2 rings (SSSR count). The first-order valence-corrected chi connectivity index (χ1v) is 6.16. The summed E-state index contributed by atoms with van der Waals surface area (Å²) in [6.07, 6.45) is 1.40. The number of aldehydes is 1. The second kappa shape index (κ2) is 5.25. The van der Waals surface area contributed by atoms with Gasteiger partial charge in [0, 0.05) is 30.6 Å². The van der Waals surface area contributed by atoms with Crippen molar-refractivity contribution in [3.8, 4) is 0 Å². The van der Waals surface area contributed by atoms with Crippen LogP contribution >= 0.6 is 0 Å². The summed E-state index contributed by atoms with van der Waals surface area (Å²) in [5.41, 5.74) is 1.01. The summed E-state index contributed by atoms with van der Waals surface area (Å²) < 4.78 is 0. The van der Waals surface area contributed by atoms with Crippen LogP contribution in [0.15, 0.2) is 30.3 Å². The lowest BCUT2D eigenvalue weighted by molar-refractivity contribution is -0.127. The van der Waals surface area contributed by atoms with Gasteiger partial charge in [-0.2, -0.15) is 0 Å². The van der Waals surface area contributed by atoms with Crippen LogP contribution in [0.5, 0.6) is 0 Å². The highest BCUT2D eigenvalue weighted by molar-refractivity contribution is 5.92. The second-order valence-electron chi connectivity index (χ2n) is 4.91. The minimum Gasteiger partial charge on any atom is -0.303 e. The molecule has 3 atom stereocenters. The highest BCUT2D eigenvalue weighted by Crippen LogP contribution is 2.41. The van der Waals surface area contributed by atoms with Gasteiger partial charge in [-0.25, -0.2) is 0 Å². The molecule has 0 amide bonds. The normalized spacial score (nSPS) is 27.2. The molecule has 0 N–H and O–H groups in total. The number of rotatable bonds is 4. The molecule has 3 nitrogen and oxygen atoms in total. The first-order chi connectivity index (χ1) is 8.63. The first-order valence-electron chi connectivity index (χ1n) is 6.16. The van der Waals surface area contributed by atoms with Crippen LogP contribution in [0.2, 0.25) is 0 Å². The molecule has 1 aromatic carbocycles. The molecule has 1 aliphatic rings. The summed E-state index contributed by atoms with van der Waals surface area (Å²) >= 11 is 0. The van der Waals surface area contributed by atoms with E-state index in [-0.39, 0.29) is 29.8 Å². The smallest absolute Gasteiger partial charge is 0.137 e. The Kier molecular flexibility index (Phi) is 3.70. The van der Waals surface area contributed by atoms with Crippen molar-refractivity contribution in [1.82, 2.24) is 0 Å². The minimum absolute atomic E-state index is 0.0334. The predicted molar refractivity (Wildman–Crippen MR) is 67.1 cm³/mol. The quantitative estimate of drug-likeness (QED) is 0.762. The van der Waals surface area contributed by atoms with E-state index in [0.717, 1.165) is 11.8 Å². The zero-order valence-corrected chi connectivity index (χ0v) is 10.3. The SMILES string of the molecule is CC(=O)CC1C(=O)CC(c2ccccc2)[C@@H]1C=O. The summed E-state index contributed by atoms with van der Waals surface area (Å²) in [6.45, 7) is 1.46. The van der Waals surface area contributed by atoms with Gasteiger partial charge in [0.2, 0.25) is 0 Å². The van der Waals surface area contributed by atoms with Gasteiger partial charge in [-0.3, -0.25) is 4.79 Å². The zero-order chi connectivity index (χ0) is 13.1. The summed E-state index contributed by atoms with van der Waals surface area (Å²) in [7, 11) is 0. The maximum absolute atomic E-state index is 12.0. The van der Waals surface area contributed by atoms with Gasteiger partial charge in [0.05, 0.1) is 0 Å². The Hall–Kier alpha value is -1.77. The number of benzene rings is 1. The molecule has 3 heteroatoms. The van der Waals surface area contributed by atoms with Gasteiger partial charge in [-0.1, -0.05) is 30.3 Å². The Labute approximate surface area is 106 Å². The predicted octanol–water partition coefficient (Wildman–Crippen LogP) is 2.15. The Bertz CT molecular complexity index is 464. The van der Waals surface area contributed by atoms with Crippen LogP contribution in [0.3, 0.4) is 0 Å². The van der Waals surface area contributed by atoms with Crippen LogP contribution in [-0.4, -0.2) is 17.9 Å². The number of ketones is 2. The van der Waals surface area contributed by atoms with Crippen LogP contribution in [-0.2, 0) is 14.4 Å². The first kappa shape index (κ1) is 12.7. The molecule has 1 aromatic rings. The Morgan fingerprint density at radius 2 is 2.00 bits per heavy atom. The molecular weight excluding hydrogens is 228 g/mol. The van der Waals surface area contributed by atoms with Gasteiger partial charge < -0.3 is 9.59 Å². The van der Waals surface area contributed by atoms with Crippen molar-refractivity contribution in [3.63, 3.8) is 0 Å². The van der Waals surface area contributed by atoms with E-state index in [1.807, 2.05) is 30.3 Å². The molecule has 0 aliphatic heterocycles. The molecule has 0 heterocycles. The van der Waals surface area contributed by atoms with Crippen LogP contribution in [0, 0.1) is 11.8 Å². The molecule has 0 saturated heterocycles. The van der Waals surface area contributed by atoms with E-state index in [0.29, 0.717) is 6.42 Å². The average molecular weight is 244 g/mol. The Morgan fingerprint density at radius 1 is 1.33 bits per heavy atom. The zero-order valence-electron chi connectivity index (χ0n) is 10.3. The number of carbonyl (C=O) groups excluding carboxylic acids is 3. The van der Waals surface area contributed by atoms with Gasteiger partial charge in [-0.05, 0) is 12.5 Å². The molecule has 1 aliphatic carbocycles. The van der Waals surface area contributed by atoms with Crippen LogP contribution < -0.4 is 0 Å². The van der Waals surface area contributed by atoms with Gasteiger partial charge in [0.15, 0.2) is 0 Å². The Balaban J connectivity index is 2.26.